The Labute approximate surface area is 203 Å². The Morgan fingerprint density at radius 3 is 2.37 bits per heavy atom. The SMILES string of the molecule is CC(NC(=O)[C@H]1CCCN1C(=O)[C@H]1CCCN(S(=O)(=O)N2CC(C#N)C2)C1)c1cc(F)cc(F)c1. The summed E-state index contributed by atoms with van der Waals surface area (Å²) in [7, 11) is -3.74. The summed E-state index contributed by atoms with van der Waals surface area (Å²) >= 11 is 0. The molecule has 0 aromatic heterocycles. The van der Waals surface area contributed by atoms with Gasteiger partial charge in [-0.05, 0) is 50.3 Å². The predicted octanol–water partition coefficient (Wildman–Crippen LogP) is 1.55. The van der Waals surface area contributed by atoms with E-state index in [1.54, 1.807) is 6.92 Å². The average Bonchev–Trinajstić information content (AvgIpc) is 3.27. The lowest BCUT2D eigenvalue weighted by molar-refractivity contribution is -0.142. The summed E-state index contributed by atoms with van der Waals surface area (Å²) in [5, 5.41) is 11.7. The van der Waals surface area contributed by atoms with Gasteiger partial charge in [0.25, 0.3) is 10.2 Å². The fraction of sp³-hybridized carbons (Fsp3) is 0.609. The lowest BCUT2D eigenvalue weighted by Crippen LogP contribution is -2.57. The molecule has 35 heavy (non-hydrogen) atoms. The van der Waals surface area contributed by atoms with Crippen molar-refractivity contribution in [3.05, 3.63) is 35.4 Å². The van der Waals surface area contributed by atoms with Crippen molar-refractivity contribution < 1.29 is 26.8 Å². The van der Waals surface area contributed by atoms with Gasteiger partial charge < -0.3 is 10.2 Å². The number of likely N-dealkylation sites (tertiary alicyclic amines) is 1. The molecule has 3 fully saturated rings. The highest BCUT2D eigenvalue weighted by molar-refractivity contribution is 7.86. The van der Waals surface area contributed by atoms with E-state index in [4.69, 9.17) is 5.26 Å². The standard InChI is InChI=1S/C23H29F2N5O4S/c1-15(18-8-19(24)10-20(25)9-18)27-22(31)21-5-3-7-30(21)23(32)17-4-2-6-28(14-17)35(33,34)29-12-16(11-26)13-29/h8-10,15-17,21H,2-7,12-14H2,1H3,(H,27,31)/t15?,17-,21+/m0/s1. The maximum atomic E-state index is 13.6. The predicted molar refractivity (Wildman–Crippen MR) is 122 cm³/mol. The summed E-state index contributed by atoms with van der Waals surface area (Å²) in [4.78, 5) is 27.8. The summed E-state index contributed by atoms with van der Waals surface area (Å²) < 4.78 is 55.5. The lowest BCUT2D eigenvalue weighted by atomic mass is 9.97. The molecule has 0 aliphatic carbocycles. The van der Waals surface area contributed by atoms with Crippen LogP contribution >= 0.6 is 0 Å². The fourth-order valence-electron chi connectivity index (χ4n) is 4.98. The molecule has 3 saturated heterocycles. The van der Waals surface area contributed by atoms with Crippen LogP contribution in [0.3, 0.4) is 0 Å². The molecule has 0 saturated carbocycles. The number of halogens is 2. The molecular formula is C23H29F2N5O4S. The minimum absolute atomic E-state index is 0.0404. The monoisotopic (exact) mass is 509 g/mol. The molecule has 0 bridgehead atoms. The summed E-state index contributed by atoms with van der Waals surface area (Å²) in [6, 6.07) is 3.74. The quantitative estimate of drug-likeness (QED) is 0.625. The van der Waals surface area contributed by atoms with Gasteiger partial charge in [-0.2, -0.15) is 22.3 Å². The molecule has 3 heterocycles. The topological polar surface area (TPSA) is 114 Å². The molecule has 1 N–H and O–H groups in total. The maximum absolute atomic E-state index is 13.6. The Bertz CT molecular complexity index is 1110. The van der Waals surface area contributed by atoms with Crippen molar-refractivity contribution in [2.24, 2.45) is 11.8 Å². The van der Waals surface area contributed by atoms with Gasteiger partial charge in [0.15, 0.2) is 0 Å². The number of hydrogen-bond acceptors (Lipinski definition) is 5. The lowest BCUT2D eigenvalue weighted by Gasteiger charge is -2.41. The van der Waals surface area contributed by atoms with Crippen LogP contribution in [0, 0.1) is 34.8 Å². The van der Waals surface area contributed by atoms with Gasteiger partial charge in [-0.1, -0.05) is 0 Å². The Morgan fingerprint density at radius 2 is 1.71 bits per heavy atom. The van der Waals surface area contributed by atoms with Crippen molar-refractivity contribution in [1.82, 2.24) is 18.8 Å². The number of benzene rings is 1. The van der Waals surface area contributed by atoms with Crippen molar-refractivity contribution in [3.63, 3.8) is 0 Å². The highest BCUT2D eigenvalue weighted by Gasteiger charge is 2.44. The van der Waals surface area contributed by atoms with Crippen LogP contribution in [-0.2, 0) is 19.8 Å². The number of rotatable bonds is 6. The second-order valence-electron chi connectivity index (χ2n) is 9.47. The number of hydrogen-bond donors (Lipinski definition) is 1. The number of nitrogens with one attached hydrogen (secondary N) is 1. The minimum atomic E-state index is -3.74. The number of nitriles is 1. The molecule has 3 atom stereocenters. The molecule has 12 heteroatoms. The molecule has 1 aromatic rings. The van der Waals surface area contributed by atoms with Crippen molar-refractivity contribution in [2.45, 2.75) is 44.7 Å². The van der Waals surface area contributed by atoms with E-state index in [9.17, 15) is 26.8 Å². The molecule has 3 aliphatic rings. The third kappa shape index (κ3) is 5.32. The molecule has 1 unspecified atom stereocenters. The van der Waals surface area contributed by atoms with Crippen LogP contribution in [-0.4, -0.2) is 72.5 Å². The van der Waals surface area contributed by atoms with Gasteiger partial charge in [-0.3, -0.25) is 9.59 Å². The zero-order valence-corrected chi connectivity index (χ0v) is 20.3. The largest absolute Gasteiger partial charge is 0.348 e. The van der Waals surface area contributed by atoms with E-state index in [0.29, 0.717) is 38.8 Å². The average molecular weight is 510 g/mol. The molecule has 9 nitrogen and oxygen atoms in total. The first-order chi connectivity index (χ1) is 16.6. The van der Waals surface area contributed by atoms with Crippen LogP contribution in [0.25, 0.3) is 0 Å². The van der Waals surface area contributed by atoms with Crippen molar-refractivity contribution in [3.8, 4) is 6.07 Å². The first kappa shape index (κ1) is 25.5. The zero-order chi connectivity index (χ0) is 25.3. The molecular weight excluding hydrogens is 480 g/mol. The normalized spacial score (nSPS) is 25.0. The van der Waals surface area contributed by atoms with E-state index < -0.39 is 45.8 Å². The van der Waals surface area contributed by atoms with Crippen LogP contribution in [0.2, 0.25) is 0 Å². The Morgan fingerprint density at radius 1 is 1.06 bits per heavy atom. The molecule has 190 valence electrons. The number of nitrogens with zero attached hydrogens (tertiary/aromatic N) is 4. The molecule has 4 rings (SSSR count). The summed E-state index contributed by atoms with van der Waals surface area (Å²) in [5.41, 5.74) is 0.282. The number of carbonyl (C=O) groups is 2. The number of carbonyl (C=O) groups excluding carboxylic acids is 2. The van der Waals surface area contributed by atoms with Crippen LogP contribution in [0.1, 0.15) is 44.2 Å². The number of amides is 2. The van der Waals surface area contributed by atoms with Crippen LogP contribution in [0.5, 0.6) is 0 Å². The Kier molecular flexibility index (Phi) is 7.40. The zero-order valence-electron chi connectivity index (χ0n) is 19.5. The first-order valence-electron chi connectivity index (χ1n) is 11.8. The van der Waals surface area contributed by atoms with Gasteiger partial charge in [0.2, 0.25) is 11.8 Å². The van der Waals surface area contributed by atoms with Gasteiger partial charge >= 0.3 is 0 Å². The molecule has 3 aliphatic heterocycles. The van der Waals surface area contributed by atoms with Gasteiger partial charge in [0, 0.05) is 38.8 Å². The second kappa shape index (κ2) is 10.2. The molecule has 2 amide bonds. The number of piperidine rings is 1. The van der Waals surface area contributed by atoms with Gasteiger partial charge in [0.05, 0.1) is 23.9 Å². The Balaban J connectivity index is 1.39. The van der Waals surface area contributed by atoms with E-state index in [-0.39, 0.29) is 37.0 Å². The highest BCUT2D eigenvalue weighted by atomic mass is 32.2. The van der Waals surface area contributed by atoms with E-state index in [1.165, 1.54) is 13.5 Å². The van der Waals surface area contributed by atoms with E-state index in [0.717, 1.165) is 18.2 Å². The second-order valence-corrected chi connectivity index (χ2v) is 11.4. The molecule has 1 aromatic carbocycles. The van der Waals surface area contributed by atoms with Gasteiger partial charge in [-0.25, -0.2) is 8.78 Å². The minimum Gasteiger partial charge on any atom is -0.348 e. The smallest absolute Gasteiger partial charge is 0.282 e. The van der Waals surface area contributed by atoms with E-state index in [2.05, 4.69) is 11.4 Å². The van der Waals surface area contributed by atoms with Gasteiger partial charge in [0.1, 0.15) is 17.7 Å². The summed E-state index contributed by atoms with van der Waals surface area (Å²) in [6.45, 7) is 2.68. The van der Waals surface area contributed by atoms with Crippen molar-refractivity contribution >= 4 is 22.0 Å². The van der Waals surface area contributed by atoms with Crippen LogP contribution in [0.4, 0.5) is 8.78 Å². The van der Waals surface area contributed by atoms with Crippen molar-refractivity contribution in [2.75, 3.05) is 32.7 Å². The van der Waals surface area contributed by atoms with E-state index in [1.807, 2.05) is 0 Å². The highest BCUT2D eigenvalue weighted by Crippen LogP contribution is 2.29. The van der Waals surface area contributed by atoms with Crippen LogP contribution in [0.15, 0.2) is 18.2 Å². The van der Waals surface area contributed by atoms with Crippen molar-refractivity contribution in [1.29, 1.82) is 5.26 Å². The maximum Gasteiger partial charge on any atom is 0.282 e. The van der Waals surface area contributed by atoms with Gasteiger partial charge in [-0.15, -0.1) is 0 Å². The first-order valence-corrected chi connectivity index (χ1v) is 13.2. The van der Waals surface area contributed by atoms with Crippen LogP contribution < -0.4 is 5.32 Å². The molecule has 0 radical (unpaired) electrons. The third-order valence-electron chi connectivity index (χ3n) is 7.00. The summed E-state index contributed by atoms with van der Waals surface area (Å²) in [6.07, 6.45) is 2.14. The summed E-state index contributed by atoms with van der Waals surface area (Å²) in [5.74, 6) is -3.01. The van der Waals surface area contributed by atoms with E-state index >= 15 is 0 Å². The fourth-order valence-corrected chi connectivity index (χ4v) is 6.77. The Hall–Kier alpha value is -2.62. The third-order valence-corrected chi connectivity index (χ3v) is 8.93. The molecule has 0 spiro atoms.